The second-order valence-electron chi connectivity index (χ2n) is 8.85. The molecule has 2 N–H and O–H groups in total. The van der Waals surface area contributed by atoms with Crippen LogP contribution in [0.3, 0.4) is 0 Å². The molecule has 3 heterocycles. The summed E-state index contributed by atoms with van der Waals surface area (Å²) in [6, 6.07) is 9.11. The Morgan fingerprint density at radius 2 is 1.88 bits per heavy atom. The molecular weight excluding hydrogens is 440 g/mol. The number of benzene rings is 1. The van der Waals surface area contributed by atoms with E-state index < -0.39 is 15.9 Å². The number of likely N-dealkylation sites (tertiary alicyclic amines) is 1. The van der Waals surface area contributed by atoms with E-state index in [2.05, 4.69) is 17.2 Å². The Morgan fingerprint density at radius 1 is 1.09 bits per heavy atom. The maximum Gasteiger partial charge on any atom is 0.270 e. The average Bonchev–Trinajstić information content (AvgIpc) is 3.35. The number of aromatic amines is 1. The van der Waals surface area contributed by atoms with E-state index in [9.17, 15) is 18.0 Å². The molecule has 9 heteroatoms. The lowest BCUT2D eigenvalue weighted by atomic mass is 9.98. The van der Waals surface area contributed by atoms with Crippen LogP contribution in [0.1, 0.15) is 55.1 Å². The molecule has 2 aliphatic heterocycles. The van der Waals surface area contributed by atoms with Crippen LogP contribution in [0.15, 0.2) is 41.4 Å². The van der Waals surface area contributed by atoms with Gasteiger partial charge in [0.1, 0.15) is 10.6 Å². The largest absolute Gasteiger partial charge is 0.356 e. The van der Waals surface area contributed by atoms with Crippen molar-refractivity contribution in [1.29, 1.82) is 0 Å². The van der Waals surface area contributed by atoms with E-state index in [0.29, 0.717) is 32.5 Å². The van der Waals surface area contributed by atoms with Gasteiger partial charge in [0.05, 0.1) is 5.92 Å². The summed E-state index contributed by atoms with van der Waals surface area (Å²) in [6.07, 6.45) is 6.55. The standard InChI is InChI=1S/C24H32N4O4S/c1-2-18-8-6-10-20(14-18)26-23(29)19-9-7-13-28(17-19)33(31,32)21-15-22(25-16-21)24(30)27-11-4-3-5-12-27/h6,8,10,14-16,19,25H,2-5,7,9,11-13,17H2,1H3,(H,26,29). The predicted molar refractivity (Wildman–Crippen MR) is 126 cm³/mol. The van der Waals surface area contributed by atoms with E-state index in [4.69, 9.17) is 0 Å². The Morgan fingerprint density at radius 3 is 2.64 bits per heavy atom. The highest BCUT2D eigenvalue weighted by Gasteiger charge is 2.34. The molecule has 2 fully saturated rings. The van der Waals surface area contributed by atoms with E-state index >= 15 is 0 Å². The zero-order chi connectivity index (χ0) is 23.4. The van der Waals surface area contributed by atoms with Crippen molar-refractivity contribution in [3.63, 3.8) is 0 Å². The first kappa shape index (κ1) is 23.5. The first-order chi connectivity index (χ1) is 15.9. The zero-order valence-corrected chi connectivity index (χ0v) is 19.9. The van der Waals surface area contributed by atoms with Gasteiger partial charge in [-0.3, -0.25) is 9.59 Å². The van der Waals surface area contributed by atoms with Gasteiger partial charge in [0.25, 0.3) is 5.91 Å². The normalized spacial score (nSPS) is 19.9. The number of rotatable bonds is 6. The van der Waals surface area contributed by atoms with Crippen LogP contribution in [0.2, 0.25) is 0 Å². The molecule has 0 aliphatic carbocycles. The van der Waals surface area contributed by atoms with Gasteiger partial charge in [-0.1, -0.05) is 19.1 Å². The van der Waals surface area contributed by atoms with Gasteiger partial charge in [-0.2, -0.15) is 4.31 Å². The Balaban J connectivity index is 1.43. The summed E-state index contributed by atoms with van der Waals surface area (Å²) < 4.78 is 27.9. The van der Waals surface area contributed by atoms with Gasteiger partial charge in [0, 0.05) is 38.1 Å². The van der Waals surface area contributed by atoms with Crippen molar-refractivity contribution in [3.05, 3.63) is 47.8 Å². The van der Waals surface area contributed by atoms with E-state index in [1.54, 1.807) is 4.90 Å². The second-order valence-corrected chi connectivity index (χ2v) is 10.8. The highest BCUT2D eigenvalue weighted by Crippen LogP contribution is 2.26. The molecule has 2 aromatic rings. The minimum absolute atomic E-state index is 0.0690. The van der Waals surface area contributed by atoms with E-state index in [0.717, 1.165) is 36.9 Å². The number of hydrogen-bond acceptors (Lipinski definition) is 4. The number of hydrogen-bond donors (Lipinski definition) is 2. The Kier molecular flexibility index (Phi) is 7.19. The SMILES string of the molecule is CCc1cccc(NC(=O)C2CCCN(S(=O)(=O)c3c[nH]c(C(=O)N4CCCCC4)c3)C2)c1. The number of carbonyl (C=O) groups is 2. The minimum Gasteiger partial charge on any atom is -0.356 e. The fraction of sp³-hybridized carbons (Fsp3) is 0.500. The number of aromatic nitrogens is 1. The Bertz CT molecular complexity index is 1110. The summed E-state index contributed by atoms with van der Waals surface area (Å²) >= 11 is 0. The summed E-state index contributed by atoms with van der Waals surface area (Å²) in [6.45, 7) is 3.94. The molecule has 4 rings (SSSR count). The van der Waals surface area contributed by atoms with Crippen LogP contribution < -0.4 is 5.32 Å². The monoisotopic (exact) mass is 472 g/mol. The summed E-state index contributed by atoms with van der Waals surface area (Å²) in [7, 11) is -3.80. The van der Waals surface area contributed by atoms with E-state index in [-0.39, 0.29) is 28.9 Å². The molecule has 178 valence electrons. The van der Waals surface area contributed by atoms with E-state index in [1.807, 2.05) is 24.3 Å². The predicted octanol–water partition coefficient (Wildman–Crippen LogP) is 3.24. The number of aryl methyl sites for hydroxylation is 1. The fourth-order valence-corrected chi connectivity index (χ4v) is 6.07. The molecule has 0 spiro atoms. The Hall–Kier alpha value is -2.65. The number of nitrogens with one attached hydrogen (secondary N) is 2. The first-order valence-electron chi connectivity index (χ1n) is 11.8. The summed E-state index contributed by atoms with van der Waals surface area (Å²) in [4.78, 5) is 30.2. The van der Waals surface area contributed by atoms with Gasteiger partial charge in [-0.05, 0) is 62.3 Å². The maximum absolute atomic E-state index is 13.3. The van der Waals surface area contributed by atoms with Crippen LogP contribution in [-0.4, -0.2) is 60.6 Å². The van der Waals surface area contributed by atoms with Crippen LogP contribution >= 0.6 is 0 Å². The molecule has 1 atom stereocenters. The molecule has 2 amide bonds. The van der Waals surface area contributed by atoms with Crippen molar-refractivity contribution in [2.24, 2.45) is 5.92 Å². The number of carbonyl (C=O) groups excluding carboxylic acids is 2. The van der Waals surface area contributed by atoms with Gasteiger partial charge >= 0.3 is 0 Å². The van der Waals surface area contributed by atoms with Gasteiger partial charge < -0.3 is 15.2 Å². The molecule has 0 radical (unpaired) electrons. The number of H-pyrrole nitrogens is 1. The quantitative estimate of drug-likeness (QED) is 0.674. The smallest absolute Gasteiger partial charge is 0.270 e. The van der Waals surface area contributed by atoms with Crippen LogP contribution in [0, 0.1) is 5.92 Å². The van der Waals surface area contributed by atoms with Crippen molar-refractivity contribution in [2.75, 3.05) is 31.5 Å². The van der Waals surface area contributed by atoms with Crippen LogP contribution in [-0.2, 0) is 21.2 Å². The molecule has 1 aromatic heterocycles. The van der Waals surface area contributed by atoms with Crippen molar-refractivity contribution in [3.8, 4) is 0 Å². The molecule has 2 aliphatic rings. The van der Waals surface area contributed by atoms with Crippen LogP contribution in [0.5, 0.6) is 0 Å². The summed E-state index contributed by atoms with van der Waals surface area (Å²) in [5.41, 5.74) is 2.14. The molecule has 33 heavy (non-hydrogen) atoms. The molecule has 0 saturated carbocycles. The summed E-state index contributed by atoms with van der Waals surface area (Å²) in [5, 5.41) is 2.94. The van der Waals surface area contributed by atoms with Gasteiger partial charge in [-0.15, -0.1) is 0 Å². The summed E-state index contributed by atoms with van der Waals surface area (Å²) in [5.74, 6) is -0.758. The third kappa shape index (κ3) is 5.30. The van der Waals surface area contributed by atoms with Crippen LogP contribution in [0.4, 0.5) is 5.69 Å². The van der Waals surface area contributed by atoms with Crippen molar-refractivity contribution >= 4 is 27.5 Å². The molecule has 0 bridgehead atoms. The van der Waals surface area contributed by atoms with Gasteiger partial charge in [-0.25, -0.2) is 8.42 Å². The third-order valence-electron chi connectivity index (χ3n) is 6.53. The number of piperidine rings is 2. The zero-order valence-electron chi connectivity index (χ0n) is 19.0. The lowest BCUT2D eigenvalue weighted by Crippen LogP contribution is -2.43. The maximum atomic E-state index is 13.3. The topological polar surface area (TPSA) is 103 Å². The van der Waals surface area contributed by atoms with E-state index in [1.165, 1.54) is 16.6 Å². The molecule has 2 saturated heterocycles. The molecule has 1 unspecified atom stereocenters. The highest BCUT2D eigenvalue weighted by molar-refractivity contribution is 7.89. The van der Waals surface area contributed by atoms with Crippen molar-refractivity contribution in [1.82, 2.24) is 14.2 Å². The second kappa shape index (κ2) is 10.1. The molecular formula is C24H32N4O4S. The lowest BCUT2D eigenvalue weighted by Gasteiger charge is -2.31. The number of anilines is 1. The first-order valence-corrected chi connectivity index (χ1v) is 13.2. The lowest BCUT2D eigenvalue weighted by molar-refractivity contribution is -0.120. The third-order valence-corrected chi connectivity index (χ3v) is 8.37. The van der Waals surface area contributed by atoms with Gasteiger partial charge in [0.2, 0.25) is 15.9 Å². The van der Waals surface area contributed by atoms with Crippen molar-refractivity contribution in [2.45, 2.75) is 50.3 Å². The number of amides is 2. The fourth-order valence-electron chi connectivity index (χ4n) is 4.55. The number of sulfonamides is 1. The van der Waals surface area contributed by atoms with Crippen molar-refractivity contribution < 1.29 is 18.0 Å². The molecule has 1 aromatic carbocycles. The van der Waals surface area contributed by atoms with Gasteiger partial charge in [0.15, 0.2) is 0 Å². The molecule has 8 nitrogen and oxygen atoms in total. The number of nitrogens with zero attached hydrogens (tertiary/aromatic N) is 2. The van der Waals surface area contributed by atoms with Crippen LogP contribution in [0.25, 0.3) is 0 Å². The minimum atomic E-state index is -3.80. The highest BCUT2D eigenvalue weighted by atomic mass is 32.2. The average molecular weight is 473 g/mol. The Labute approximate surface area is 195 Å².